The summed E-state index contributed by atoms with van der Waals surface area (Å²) in [4.78, 5) is 16.3. The molecule has 1 fully saturated rings. The van der Waals surface area contributed by atoms with Crippen LogP contribution in [0.3, 0.4) is 0 Å². The summed E-state index contributed by atoms with van der Waals surface area (Å²) in [5.41, 5.74) is 0. The van der Waals surface area contributed by atoms with Crippen LogP contribution >= 0.6 is 0 Å². The van der Waals surface area contributed by atoms with Gasteiger partial charge < -0.3 is 10.2 Å². The molecule has 0 aliphatic carbocycles. The second kappa shape index (κ2) is 9.20. The van der Waals surface area contributed by atoms with Gasteiger partial charge in [0.05, 0.1) is 0 Å². The van der Waals surface area contributed by atoms with Crippen LogP contribution in [0.2, 0.25) is 0 Å². The molecule has 0 radical (unpaired) electrons. The van der Waals surface area contributed by atoms with Crippen LogP contribution in [0, 0.1) is 0 Å². The third-order valence-electron chi connectivity index (χ3n) is 3.54. The Morgan fingerprint density at radius 2 is 1.67 bits per heavy atom. The molecule has 1 heterocycles. The van der Waals surface area contributed by atoms with E-state index in [0.29, 0.717) is 0 Å². The zero-order valence-corrected chi connectivity index (χ0v) is 12.1. The molecule has 0 aromatic heterocycles. The first-order valence-electron chi connectivity index (χ1n) is 7.53. The molecule has 106 valence electrons. The van der Waals surface area contributed by atoms with E-state index in [9.17, 15) is 4.79 Å². The van der Waals surface area contributed by atoms with Gasteiger partial charge in [-0.25, -0.2) is 4.79 Å². The zero-order valence-electron chi connectivity index (χ0n) is 12.1. The summed E-state index contributed by atoms with van der Waals surface area (Å²) in [6.45, 7) is 10.2. The van der Waals surface area contributed by atoms with E-state index in [1.165, 1.54) is 32.2 Å². The van der Waals surface area contributed by atoms with Gasteiger partial charge in [0, 0.05) is 32.7 Å². The highest BCUT2D eigenvalue weighted by Crippen LogP contribution is 2.04. The number of unbranched alkanes of at least 4 members (excludes halogenated alkanes) is 3. The summed E-state index contributed by atoms with van der Waals surface area (Å²) in [7, 11) is 0. The lowest BCUT2D eigenvalue weighted by atomic mass is 10.2. The molecule has 1 aliphatic rings. The fourth-order valence-corrected chi connectivity index (χ4v) is 2.24. The quantitative estimate of drug-likeness (QED) is 0.709. The van der Waals surface area contributed by atoms with Gasteiger partial charge in [-0.05, 0) is 19.4 Å². The van der Waals surface area contributed by atoms with E-state index < -0.39 is 0 Å². The van der Waals surface area contributed by atoms with Crippen molar-refractivity contribution in [3.63, 3.8) is 0 Å². The zero-order chi connectivity index (χ0) is 13.2. The Bertz CT molecular complexity index is 225. The molecule has 0 unspecified atom stereocenters. The Labute approximate surface area is 112 Å². The van der Waals surface area contributed by atoms with Crippen LogP contribution in [0.4, 0.5) is 4.79 Å². The average molecular weight is 255 g/mol. The second-order valence-electron chi connectivity index (χ2n) is 5.12. The first-order valence-corrected chi connectivity index (χ1v) is 7.53. The fraction of sp³-hybridized carbons (Fsp3) is 0.929. The van der Waals surface area contributed by atoms with Gasteiger partial charge in [-0.1, -0.05) is 33.1 Å². The minimum absolute atomic E-state index is 0.126. The summed E-state index contributed by atoms with van der Waals surface area (Å²) in [5.74, 6) is 0. The van der Waals surface area contributed by atoms with Gasteiger partial charge in [0.25, 0.3) is 0 Å². The van der Waals surface area contributed by atoms with E-state index in [-0.39, 0.29) is 6.03 Å². The maximum absolute atomic E-state index is 11.9. The molecular formula is C14H29N3O. The van der Waals surface area contributed by atoms with Crippen molar-refractivity contribution < 1.29 is 4.79 Å². The molecule has 1 saturated heterocycles. The lowest BCUT2D eigenvalue weighted by Gasteiger charge is -2.34. The minimum Gasteiger partial charge on any atom is -0.338 e. The number of rotatable bonds is 7. The van der Waals surface area contributed by atoms with Crippen molar-refractivity contribution in [1.82, 2.24) is 15.1 Å². The van der Waals surface area contributed by atoms with Crippen molar-refractivity contribution in [3.8, 4) is 0 Å². The van der Waals surface area contributed by atoms with Gasteiger partial charge in [-0.3, -0.25) is 4.90 Å². The SMILES string of the molecule is CCCCCNC(=O)N1CCN(CCCC)CC1. The molecule has 0 bridgehead atoms. The molecular weight excluding hydrogens is 226 g/mol. The summed E-state index contributed by atoms with van der Waals surface area (Å²) >= 11 is 0. The number of piperazine rings is 1. The molecule has 0 aromatic carbocycles. The number of hydrogen-bond acceptors (Lipinski definition) is 2. The van der Waals surface area contributed by atoms with Crippen LogP contribution in [0.5, 0.6) is 0 Å². The molecule has 0 aromatic rings. The van der Waals surface area contributed by atoms with Crippen LogP contribution in [0.15, 0.2) is 0 Å². The lowest BCUT2D eigenvalue weighted by molar-refractivity contribution is 0.138. The Kier molecular flexibility index (Phi) is 7.81. The van der Waals surface area contributed by atoms with Gasteiger partial charge in [-0.15, -0.1) is 0 Å². The van der Waals surface area contributed by atoms with Gasteiger partial charge in [0.2, 0.25) is 0 Å². The Balaban J connectivity index is 2.11. The van der Waals surface area contributed by atoms with E-state index >= 15 is 0 Å². The number of urea groups is 1. The normalized spacial score (nSPS) is 16.9. The molecule has 4 heteroatoms. The summed E-state index contributed by atoms with van der Waals surface area (Å²) in [6, 6.07) is 0.126. The van der Waals surface area contributed by atoms with Gasteiger partial charge in [0.1, 0.15) is 0 Å². The number of carbonyl (C=O) groups excluding carboxylic acids is 1. The molecule has 1 N–H and O–H groups in total. The second-order valence-corrected chi connectivity index (χ2v) is 5.12. The first-order chi connectivity index (χ1) is 8.77. The van der Waals surface area contributed by atoms with E-state index in [2.05, 4.69) is 24.1 Å². The predicted molar refractivity (Wildman–Crippen MR) is 75.8 cm³/mol. The van der Waals surface area contributed by atoms with Crippen molar-refractivity contribution in [2.24, 2.45) is 0 Å². The van der Waals surface area contributed by atoms with Gasteiger partial charge in [-0.2, -0.15) is 0 Å². The Hall–Kier alpha value is -0.770. The van der Waals surface area contributed by atoms with E-state index in [1.807, 2.05) is 4.90 Å². The minimum atomic E-state index is 0.126. The number of nitrogens with one attached hydrogen (secondary N) is 1. The molecule has 1 aliphatic heterocycles. The molecule has 18 heavy (non-hydrogen) atoms. The largest absolute Gasteiger partial charge is 0.338 e. The van der Waals surface area contributed by atoms with Crippen LogP contribution in [-0.2, 0) is 0 Å². The number of amides is 2. The molecule has 0 atom stereocenters. The third kappa shape index (κ3) is 5.71. The molecule has 4 nitrogen and oxygen atoms in total. The lowest BCUT2D eigenvalue weighted by Crippen LogP contribution is -2.51. The van der Waals surface area contributed by atoms with Crippen molar-refractivity contribution in [2.45, 2.75) is 46.0 Å². The molecule has 0 saturated carbocycles. The van der Waals surface area contributed by atoms with Crippen LogP contribution in [0.1, 0.15) is 46.0 Å². The van der Waals surface area contributed by atoms with E-state index in [0.717, 1.165) is 39.1 Å². The van der Waals surface area contributed by atoms with Gasteiger partial charge >= 0.3 is 6.03 Å². The predicted octanol–water partition coefficient (Wildman–Crippen LogP) is 2.30. The van der Waals surface area contributed by atoms with E-state index in [1.54, 1.807) is 0 Å². The van der Waals surface area contributed by atoms with Crippen LogP contribution in [-0.4, -0.2) is 55.1 Å². The summed E-state index contributed by atoms with van der Waals surface area (Å²) in [5, 5.41) is 3.01. The highest BCUT2D eigenvalue weighted by molar-refractivity contribution is 5.74. The summed E-state index contributed by atoms with van der Waals surface area (Å²) in [6.07, 6.45) is 6.01. The molecule has 0 spiro atoms. The molecule has 2 amide bonds. The van der Waals surface area contributed by atoms with Crippen molar-refractivity contribution >= 4 is 6.03 Å². The average Bonchev–Trinajstić information content (AvgIpc) is 2.41. The number of hydrogen-bond donors (Lipinski definition) is 1. The Morgan fingerprint density at radius 3 is 2.28 bits per heavy atom. The fourth-order valence-electron chi connectivity index (χ4n) is 2.24. The maximum Gasteiger partial charge on any atom is 0.317 e. The number of nitrogens with zero attached hydrogens (tertiary/aromatic N) is 2. The Morgan fingerprint density at radius 1 is 1.00 bits per heavy atom. The van der Waals surface area contributed by atoms with Gasteiger partial charge in [0.15, 0.2) is 0 Å². The molecule has 1 rings (SSSR count). The summed E-state index contributed by atoms with van der Waals surface area (Å²) < 4.78 is 0. The smallest absolute Gasteiger partial charge is 0.317 e. The van der Waals surface area contributed by atoms with Crippen molar-refractivity contribution in [2.75, 3.05) is 39.3 Å². The highest BCUT2D eigenvalue weighted by atomic mass is 16.2. The van der Waals surface area contributed by atoms with Crippen molar-refractivity contribution in [1.29, 1.82) is 0 Å². The third-order valence-corrected chi connectivity index (χ3v) is 3.54. The van der Waals surface area contributed by atoms with Crippen LogP contribution < -0.4 is 5.32 Å². The first kappa shape index (κ1) is 15.3. The van der Waals surface area contributed by atoms with Crippen molar-refractivity contribution in [3.05, 3.63) is 0 Å². The van der Waals surface area contributed by atoms with Crippen LogP contribution in [0.25, 0.3) is 0 Å². The topological polar surface area (TPSA) is 35.6 Å². The maximum atomic E-state index is 11.9. The highest BCUT2D eigenvalue weighted by Gasteiger charge is 2.19. The van der Waals surface area contributed by atoms with E-state index in [4.69, 9.17) is 0 Å². The monoisotopic (exact) mass is 255 g/mol. The number of carbonyl (C=O) groups is 1. The standard InChI is InChI=1S/C14H29N3O/c1-3-5-7-8-15-14(18)17-12-10-16(11-13-17)9-6-4-2/h3-13H2,1-2H3,(H,15,18).